The van der Waals surface area contributed by atoms with Crippen LogP contribution in [0.2, 0.25) is 0 Å². The van der Waals surface area contributed by atoms with E-state index in [2.05, 4.69) is 9.97 Å². The number of likely N-dealkylation sites (N-methyl/N-ethyl adjacent to an activating group) is 1. The number of nitrogens with one attached hydrogen (secondary N) is 1. The van der Waals surface area contributed by atoms with Crippen LogP contribution in [-0.4, -0.2) is 30.2 Å². The van der Waals surface area contributed by atoms with E-state index < -0.39 is 0 Å². The summed E-state index contributed by atoms with van der Waals surface area (Å²) in [5.74, 6) is 0.591. The van der Waals surface area contributed by atoms with Gasteiger partial charge in [0.15, 0.2) is 0 Å². The molecule has 0 fully saturated rings. The predicted octanol–water partition coefficient (Wildman–Crippen LogP) is 0.752. The fourth-order valence-electron chi connectivity index (χ4n) is 1.97. The lowest BCUT2D eigenvalue weighted by Gasteiger charge is -2.16. The zero-order chi connectivity index (χ0) is 11.1. The zero-order valence-corrected chi connectivity index (χ0v) is 8.86. The molecule has 0 aromatic carbocycles. The number of anilines is 1. The molecule has 16 heavy (non-hydrogen) atoms. The van der Waals surface area contributed by atoms with Crippen LogP contribution in [0.4, 0.5) is 5.69 Å². The first-order chi connectivity index (χ1) is 7.75. The summed E-state index contributed by atoms with van der Waals surface area (Å²) in [5.41, 5.74) is 1.54. The van der Waals surface area contributed by atoms with Crippen molar-refractivity contribution in [3.8, 4) is 5.88 Å². The van der Waals surface area contributed by atoms with Crippen LogP contribution in [0.1, 0.15) is 0 Å². The Morgan fingerprint density at radius 2 is 2.44 bits per heavy atom. The molecule has 2 aromatic rings. The average molecular weight is 217 g/mol. The molecule has 1 aliphatic heterocycles. The minimum absolute atomic E-state index is 0.103. The van der Waals surface area contributed by atoms with Crippen molar-refractivity contribution in [2.24, 2.45) is 0 Å². The van der Waals surface area contributed by atoms with Crippen molar-refractivity contribution >= 4 is 16.6 Å². The Morgan fingerprint density at radius 1 is 1.56 bits per heavy atom. The van der Waals surface area contributed by atoms with Crippen molar-refractivity contribution in [3.05, 3.63) is 28.7 Å². The molecule has 1 N–H and O–H groups in total. The molecule has 0 spiro atoms. The predicted molar refractivity (Wildman–Crippen MR) is 61.1 cm³/mol. The summed E-state index contributed by atoms with van der Waals surface area (Å²) < 4.78 is 5.56. The standard InChI is InChI=1S/C11H11N3O2/c1-14-4-5-16-11-10-7(2-3-12-11)13-9(15)6-8(10)14/h2-3,6H,4-5H2,1H3,(H,13,15). The summed E-state index contributed by atoms with van der Waals surface area (Å²) in [5, 5.41) is 0.877. The van der Waals surface area contributed by atoms with Crippen molar-refractivity contribution in [1.29, 1.82) is 0 Å². The van der Waals surface area contributed by atoms with Gasteiger partial charge in [0.05, 0.1) is 23.1 Å². The van der Waals surface area contributed by atoms with Gasteiger partial charge in [-0.1, -0.05) is 0 Å². The normalized spacial score (nSPS) is 14.7. The number of hydrogen-bond donors (Lipinski definition) is 1. The molecule has 3 rings (SSSR count). The molecule has 0 saturated carbocycles. The second kappa shape index (κ2) is 3.23. The Kier molecular flexibility index (Phi) is 1.86. The van der Waals surface area contributed by atoms with Gasteiger partial charge in [0.25, 0.3) is 0 Å². The molecule has 5 nitrogen and oxygen atoms in total. The van der Waals surface area contributed by atoms with Crippen LogP contribution < -0.4 is 15.2 Å². The summed E-state index contributed by atoms with van der Waals surface area (Å²) in [6, 6.07) is 3.37. The summed E-state index contributed by atoms with van der Waals surface area (Å²) in [4.78, 5) is 20.5. The quantitative estimate of drug-likeness (QED) is 0.707. The summed E-state index contributed by atoms with van der Waals surface area (Å²) in [7, 11) is 1.94. The molecule has 0 amide bonds. The largest absolute Gasteiger partial charge is 0.475 e. The number of hydrogen-bond acceptors (Lipinski definition) is 4. The second-order valence-electron chi connectivity index (χ2n) is 3.83. The Balaban J connectivity index is 2.47. The van der Waals surface area contributed by atoms with E-state index in [9.17, 15) is 4.79 Å². The molecule has 0 unspecified atom stereocenters. The zero-order valence-electron chi connectivity index (χ0n) is 8.86. The summed E-state index contributed by atoms with van der Waals surface area (Å²) >= 11 is 0. The lowest BCUT2D eigenvalue weighted by molar-refractivity contribution is 0.321. The number of aromatic nitrogens is 2. The van der Waals surface area contributed by atoms with Gasteiger partial charge in [-0.2, -0.15) is 0 Å². The van der Waals surface area contributed by atoms with E-state index >= 15 is 0 Å². The van der Waals surface area contributed by atoms with Gasteiger partial charge < -0.3 is 14.6 Å². The number of aromatic amines is 1. The summed E-state index contributed by atoms with van der Waals surface area (Å²) in [6.45, 7) is 1.32. The van der Waals surface area contributed by atoms with Crippen molar-refractivity contribution in [2.45, 2.75) is 0 Å². The maximum atomic E-state index is 11.5. The Morgan fingerprint density at radius 3 is 3.31 bits per heavy atom. The molecule has 1 aliphatic rings. The Labute approximate surface area is 91.7 Å². The van der Waals surface area contributed by atoms with E-state index in [1.54, 1.807) is 18.3 Å². The van der Waals surface area contributed by atoms with Gasteiger partial charge in [-0.15, -0.1) is 0 Å². The molecule has 3 heterocycles. The number of H-pyrrole nitrogens is 1. The van der Waals surface area contributed by atoms with E-state index in [1.807, 2.05) is 11.9 Å². The topological polar surface area (TPSA) is 58.2 Å². The van der Waals surface area contributed by atoms with Gasteiger partial charge >= 0.3 is 0 Å². The van der Waals surface area contributed by atoms with E-state index in [-0.39, 0.29) is 5.56 Å². The van der Waals surface area contributed by atoms with Crippen LogP contribution in [0.15, 0.2) is 23.1 Å². The van der Waals surface area contributed by atoms with E-state index in [0.717, 1.165) is 23.1 Å². The highest BCUT2D eigenvalue weighted by Gasteiger charge is 2.17. The lowest BCUT2D eigenvalue weighted by Crippen LogP contribution is -2.23. The van der Waals surface area contributed by atoms with E-state index in [0.29, 0.717) is 12.5 Å². The van der Waals surface area contributed by atoms with Crippen molar-refractivity contribution in [2.75, 3.05) is 25.1 Å². The number of rotatable bonds is 0. The maximum absolute atomic E-state index is 11.5. The fourth-order valence-corrected chi connectivity index (χ4v) is 1.97. The minimum Gasteiger partial charge on any atom is -0.475 e. The van der Waals surface area contributed by atoms with Crippen molar-refractivity contribution in [1.82, 2.24) is 9.97 Å². The van der Waals surface area contributed by atoms with Gasteiger partial charge in [0, 0.05) is 19.3 Å². The van der Waals surface area contributed by atoms with Gasteiger partial charge in [0.2, 0.25) is 11.4 Å². The third kappa shape index (κ3) is 1.25. The minimum atomic E-state index is -0.103. The fraction of sp³-hybridized carbons (Fsp3) is 0.273. The van der Waals surface area contributed by atoms with Gasteiger partial charge in [0.1, 0.15) is 6.61 Å². The highest BCUT2D eigenvalue weighted by atomic mass is 16.5. The van der Waals surface area contributed by atoms with Crippen LogP contribution in [0.5, 0.6) is 5.88 Å². The van der Waals surface area contributed by atoms with Crippen LogP contribution in [-0.2, 0) is 0 Å². The molecule has 0 atom stereocenters. The van der Waals surface area contributed by atoms with Crippen molar-refractivity contribution in [3.63, 3.8) is 0 Å². The van der Waals surface area contributed by atoms with Crippen molar-refractivity contribution < 1.29 is 4.74 Å². The third-order valence-electron chi connectivity index (χ3n) is 2.77. The van der Waals surface area contributed by atoms with Crippen LogP contribution in [0.25, 0.3) is 10.9 Å². The molecular formula is C11H11N3O2. The van der Waals surface area contributed by atoms with E-state index in [4.69, 9.17) is 4.74 Å². The molecular weight excluding hydrogens is 206 g/mol. The molecule has 0 aliphatic carbocycles. The number of nitrogens with zero attached hydrogens (tertiary/aromatic N) is 2. The lowest BCUT2D eigenvalue weighted by atomic mass is 10.2. The second-order valence-corrected chi connectivity index (χ2v) is 3.83. The average Bonchev–Trinajstić information content (AvgIpc) is 2.41. The molecule has 0 saturated heterocycles. The van der Waals surface area contributed by atoms with Crippen LogP contribution in [0, 0.1) is 0 Å². The van der Waals surface area contributed by atoms with Gasteiger partial charge in [-0.3, -0.25) is 4.79 Å². The molecule has 82 valence electrons. The smallest absolute Gasteiger partial charge is 0.250 e. The molecule has 5 heteroatoms. The Hall–Kier alpha value is -2.04. The van der Waals surface area contributed by atoms with Gasteiger partial charge in [-0.25, -0.2) is 4.98 Å². The number of pyridine rings is 2. The van der Waals surface area contributed by atoms with Crippen LogP contribution >= 0.6 is 0 Å². The van der Waals surface area contributed by atoms with E-state index in [1.165, 1.54) is 0 Å². The highest BCUT2D eigenvalue weighted by molar-refractivity contribution is 5.95. The first-order valence-electron chi connectivity index (χ1n) is 5.12. The first kappa shape index (κ1) is 9.21. The highest BCUT2D eigenvalue weighted by Crippen LogP contribution is 2.31. The summed E-state index contributed by atoms with van der Waals surface area (Å²) in [6.07, 6.45) is 1.64. The van der Waals surface area contributed by atoms with Gasteiger partial charge in [-0.05, 0) is 6.07 Å². The SMILES string of the molecule is CN1CCOc2nccc3[nH]c(=O)cc1c23. The molecule has 0 radical (unpaired) electrons. The number of ether oxygens (including phenoxy) is 1. The third-order valence-corrected chi connectivity index (χ3v) is 2.77. The maximum Gasteiger partial charge on any atom is 0.250 e. The molecule has 0 bridgehead atoms. The molecule has 2 aromatic heterocycles. The first-order valence-corrected chi connectivity index (χ1v) is 5.12. The Bertz CT molecular complexity index is 606. The van der Waals surface area contributed by atoms with Crippen LogP contribution in [0.3, 0.4) is 0 Å². The monoisotopic (exact) mass is 217 g/mol.